The Morgan fingerprint density at radius 1 is 0.850 bits per heavy atom. The number of carbonyl (C=O) groups is 3. The van der Waals surface area contributed by atoms with E-state index in [1.807, 2.05) is 32.1 Å². The van der Waals surface area contributed by atoms with Gasteiger partial charge in [0, 0.05) is 16.7 Å². The van der Waals surface area contributed by atoms with Gasteiger partial charge in [0.1, 0.15) is 5.75 Å². The van der Waals surface area contributed by atoms with Crippen LogP contribution in [0.2, 0.25) is 0 Å². The highest BCUT2D eigenvalue weighted by Gasteiger charge is 2.29. The highest BCUT2D eigenvalue weighted by molar-refractivity contribution is 6.07. The lowest BCUT2D eigenvalue weighted by Crippen LogP contribution is -2.26. The van der Waals surface area contributed by atoms with E-state index in [0.717, 1.165) is 6.42 Å². The van der Waals surface area contributed by atoms with Crippen LogP contribution in [0.3, 0.4) is 0 Å². The molecule has 0 saturated heterocycles. The molecule has 0 amide bonds. The van der Waals surface area contributed by atoms with Gasteiger partial charge >= 0.3 is 11.9 Å². The van der Waals surface area contributed by atoms with E-state index in [1.54, 1.807) is 71.9 Å². The summed E-state index contributed by atoms with van der Waals surface area (Å²) < 4.78 is 23.0. The van der Waals surface area contributed by atoms with Gasteiger partial charge in [-0.15, -0.1) is 0 Å². The van der Waals surface area contributed by atoms with Crippen LogP contribution < -0.4 is 18.9 Å². The molecule has 0 saturated carbocycles. The van der Waals surface area contributed by atoms with Crippen LogP contribution in [0.1, 0.15) is 83.3 Å². The van der Waals surface area contributed by atoms with E-state index in [1.165, 1.54) is 13.2 Å². The second-order valence-electron chi connectivity index (χ2n) is 11.4. The van der Waals surface area contributed by atoms with Gasteiger partial charge in [-0.25, -0.2) is 0 Å². The Morgan fingerprint density at radius 2 is 1.45 bits per heavy atom. The SMILES string of the molecule is CC=CCc1cc(C=CC(=O)c2ccc(OC(=O)C(C)(C)C)cc2)c(OCCC)c(OC)c1OC(=O)C(C)(C)C. The number of hydrogen-bond donors (Lipinski definition) is 0. The highest BCUT2D eigenvalue weighted by Crippen LogP contribution is 2.45. The summed E-state index contributed by atoms with van der Waals surface area (Å²) >= 11 is 0. The Morgan fingerprint density at radius 3 is 1.98 bits per heavy atom. The number of carbonyl (C=O) groups excluding carboxylic acids is 3. The van der Waals surface area contributed by atoms with Crippen LogP contribution in [0, 0.1) is 10.8 Å². The zero-order chi connectivity index (χ0) is 30.1. The fourth-order valence-electron chi connectivity index (χ4n) is 3.32. The third-order valence-corrected chi connectivity index (χ3v) is 5.71. The minimum absolute atomic E-state index is 0.243. The fraction of sp³-hybridized carbons (Fsp3) is 0.424. The van der Waals surface area contributed by atoms with Crippen LogP contribution in [0.4, 0.5) is 0 Å². The predicted octanol–water partition coefficient (Wildman–Crippen LogP) is 7.40. The van der Waals surface area contributed by atoms with Gasteiger partial charge in [-0.1, -0.05) is 19.1 Å². The van der Waals surface area contributed by atoms with Gasteiger partial charge in [-0.3, -0.25) is 14.4 Å². The minimum Gasteiger partial charge on any atom is -0.490 e. The lowest BCUT2D eigenvalue weighted by atomic mass is 9.97. The molecule has 0 spiro atoms. The summed E-state index contributed by atoms with van der Waals surface area (Å²) in [6, 6.07) is 8.25. The van der Waals surface area contributed by atoms with E-state index in [0.29, 0.717) is 52.7 Å². The number of ketones is 1. The number of rotatable bonds is 11. The number of hydrogen-bond acceptors (Lipinski definition) is 7. The van der Waals surface area contributed by atoms with Crippen LogP contribution in [0.25, 0.3) is 6.08 Å². The van der Waals surface area contributed by atoms with Crippen LogP contribution >= 0.6 is 0 Å². The Kier molecular flexibility index (Phi) is 11.3. The molecule has 7 heteroatoms. The molecule has 0 aromatic heterocycles. The van der Waals surface area contributed by atoms with Crippen molar-refractivity contribution in [2.24, 2.45) is 10.8 Å². The van der Waals surface area contributed by atoms with Crippen molar-refractivity contribution < 1.29 is 33.3 Å². The number of allylic oxidation sites excluding steroid dienone is 3. The molecule has 2 aromatic carbocycles. The molecule has 0 fully saturated rings. The average Bonchev–Trinajstić information content (AvgIpc) is 2.89. The zero-order valence-electron chi connectivity index (χ0n) is 25.2. The number of methoxy groups -OCH3 is 1. The van der Waals surface area contributed by atoms with Gasteiger partial charge < -0.3 is 18.9 Å². The van der Waals surface area contributed by atoms with Crippen molar-refractivity contribution in [3.63, 3.8) is 0 Å². The average molecular weight is 551 g/mol. The molecule has 216 valence electrons. The molecule has 7 nitrogen and oxygen atoms in total. The monoisotopic (exact) mass is 550 g/mol. The van der Waals surface area contributed by atoms with E-state index < -0.39 is 16.8 Å². The molecule has 0 heterocycles. The summed E-state index contributed by atoms with van der Waals surface area (Å²) in [6.45, 7) is 15.0. The van der Waals surface area contributed by atoms with Crippen LogP contribution in [0.5, 0.6) is 23.0 Å². The first-order valence-electron chi connectivity index (χ1n) is 13.5. The van der Waals surface area contributed by atoms with Gasteiger partial charge in [0.05, 0.1) is 24.5 Å². The van der Waals surface area contributed by atoms with Gasteiger partial charge in [0.25, 0.3) is 0 Å². The number of ether oxygens (including phenoxy) is 4. The van der Waals surface area contributed by atoms with Crippen molar-refractivity contribution in [1.82, 2.24) is 0 Å². The quantitative estimate of drug-likeness (QED) is 0.0947. The molecule has 0 aliphatic heterocycles. The summed E-state index contributed by atoms with van der Waals surface area (Å²) in [6.07, 6.45) is 8.20. The maximum Gasteiger partial charge on any atom is 0.316 e. The smallest absolute Gasteiger partial charge is 0.316 e. The Bertz CT molecular complexity index is 1250. The van der Waals surface area contributed by atoms with Crippen molar-refractivity contribution in [2.75, 3.05) is 13.7 Å². The summed E-state index contributed by atoms with van der Waals surface area (Å²) in [7, 11) is 1.49. The molecule has 0 N–H and O–H groups in total. The third-order valence-electron chi connectivity index (χ3n) is 5.71. The largest absolute Gasteiger partial charge is 0.490 e. The summed E-state index contributed by atoms with van der Waals surface area (Å²) in [5.41, 5.74) is 0.402. The fourth-order valence-corrected chi connectivity index (χ4v) is 3.32. The molecule has 0 unspecified atom stereocenters. The number of benzene rings is 2. The first-order chi connectivity index (χ1) is 18.7. The molecule has 2 aromatic rings. The van der Waals surface area contributed by atoms with Crippen molar-refractivity contribution in [2.45, 2.75) is 68.2 Å². The van der Waals surface area contributed by atoms with E-state index in [4.69, 9.17) is 18.9 Å². The van der Waals surface area contributed by atoms with E-state index in [-0.39, 0.29) is 11.8 Å². The Labute approximate surface area is 238 Å². The van der Waals surface area contributed by atoms with Crippen LogP contribution in [-0.4, -0.2) is 31.4 Å². The van der Waals surface area contributed by atoms with Crippen molar-refractivity contribution >= 4 is 23.8 Å². The lowest BCUT2D eigenvalue weighted by Gasteiger charge is -2.22. The molecule has 40 heavy (non-hydrogen) atoms. The van der Waals surface area contributed by atoms with Gasteiger partial charge in [0.15, 0.2) is 17.3 Å². The molecule has 0 radical (unpaired) electrons. The van der Waals surface area contributed by atoms with Gasteiger partial charge in [-0.05, 0) is 104 Å². The second-order valence-corrected chi connectivity index (χ2v) is 11.4. The predicted molar refractivity (Wildman–Crippen MR) is 157 cm³/mol. The van der Waals surface area contributed by atoms with Crippen molar-refractivity contribution in [3.8, 4) is 23.0 Å². The van der Waals surface area contributed by atoms with Gasteiger partial charge in [0.2, 0.25) is 5.75 Å². The second kappa shape index (κ2) is 14.0. The Hall–Kier alpha value is -3.87. The molecule has 0 atom stereocenters. The summed E-state index contributed by atoms with van der Waals surface area (Å²) in [5.74, 6) is 0.357. The minimum atomic E-state index is -0.723. The zero-order valence-corrected chi connectivity index (χ0v) is 25.2. The third kappa shape index (κ3) is 8.83. The maximum absolute atomic E-state index is 13.0. The molecule has 0 bridgehead atoms. The number of esters is 2. The highest BCUT2D eigenvalue weighted by atomic mass is 16.6. The lowest BCUT2D eigenvalue weighted by molar-refractivity contribution is -0.143. The molecule has 0 aliphatic rings. The molecule has 0 aliphatic carbocycles. The van der Waals surface area contributed by atoms with E-state index in [9.17, 15) is 14.4 Å². The molecule has 2 rings (SSSR count). The van der Waals surface area contributed by atoms with Crippen molar-refractivity contribution in [1.29, 1.82) is 0 Å². The summed E-state index contributed by atoms with van der Waals surface area (Å²) in [4.78, 5) is 38.0. The van der Waals surface area contributed by atoms with E-state index in [2.05, 4.69) is 0 Å². The maximum atomic E-state index is 13.0. The summed E-state index contributed by atoms with van der Waals surface area (Å²) in [5, 5.41) is 0. The van der Waals surface area contributed by atoms with Crippen LogP contribution in [0.15, 0.2) is 48.6 Å². The first-order valence-corrected chi connectivity index (χ1v) is 13.5. The molecular weight excluding hydrogens is 508 g/mol. The van der Waals surface area contributed by atoms with Crippen LogP contribution in [-0.2, 0) is 16.0 Å². The molecular formula is C33H42O7. The Balaban J connectivity index is 2.49. The van der Waals surface area contributed by atoms with E-state index >= 15 is 0 Å². The first kappa shape index (κ1) is 32.3. The normalized spacial score (nSPS) is 12.0. The topological polar surface area (TPSA) is 88.1 Å². The van der Waals surface area contributed by atoms with Gasteiger partial charge in [-0.2, -0.15) is 0 Å². The van der Waals surface area contributed by atoms with Crippen molar-refractivity contribution in [3.05, 3.63) is 65.3 Å². The standard InChI is InChI=1S/C33H42O7/c1-10-12-13-23-21-24(27(38-20-11-2)29(37-9)28(23)40-31(36)33(6,7)8)16-19-26(34)22-14-17-25(18-15-22)39-30(35)32(3,4)5/h10,12,14-19,21H,11,13,20H2,1-9H3.